The lowest BCUT2D eigenvalue weighted by Crippen LogP contribution is -2.44. The highest BCUT2D eigenvalue weighted by Gasteiger charge is 2.33. The van der Waals surface area contributed by atoms with Crippen LogP contribution in [0.5, 0.6) is 11.5 Å². The summed E-state index contributed by atoms with van der Waals surface area (Å²) in [6.45, 7) is 4.53. The molecule has 1 aliphatic carbocycles. The number of phenols is 1. The fourth-order valence-electron chi connectivity index (χ4n) is 5.38. The van der Waals surface area contributed by atoms with E-state index in [0.29, 0.717) is 35.7 Å². The molecule has 1 amide bonds. The first-order valence-electron chi connectivity index (χ1n) is 14.0. The van der Waals surface area contributed by atoms with Crippen LogP contribution in [0.4, 0.5) is 4.39 Å². The maximum absolute atomic E-state index is 14.7. The van der Waals surface area contributed by atoms with Gasteiger partial charge in [-0.3, -0.25) is 10.1 Å². The minimum atomic E-state index is -0.822. The first kappa shape index (κ1) is 28.8. The summed E-state index contributed by atoms with van der Waals surface area (Å²) in [6.07, 6.45) is 6.57. The summed E-state index contributed by atoms with van der Waals surface area (Å²) >= 11 is 0. The van der Waals surface area contributed by atoms with Crippen LogP contribution in [0.1, 0.15) is 54.0 Å². The van der Waals surface area contributed by atoms with Gasteiger partial charge in [-0.1, -0.05) is 49.7 Å². The predicted molar refractivity (Wildman–Crippen MR) is 161 cm³/mol. The van der Waals surface area contributed by atoms with Gasteiger partial charge in [0.25, 0.3) is 0 Å². The van der Waals surface area contributed by atoms with E-state index in [1.807, 2.05) is 56.3 Å². The number of amides is 1. The molecule has 0 fully saturated rings. The smallest absolute Gasteiger partial charge is 0.242 e. The molecule has 1 heterocycles. The molecule has 3 aromatic carbocycles. The Labute approximate surface area is 244 Å². The highest BCUT2D eigenvalue weighted by molar-refractivity contribution is 6.10. The third kappa shape index (κ3) is 6.14. The largest absolute Gasteiger partial charge is 0.504 e. The predicted octanol–water partition coefficient (Wildman–Crippen LogP) is 6.28. The van der Waals surface area contributed by atoms with E-state index < -0.39 is 11.9 Å². The SMILES string of the molecule is CCCc1cc(/C=C2/C(C)=C(C(NCc3ncco3)C(=O)NCc3ccccc3)c3cc(F)ccc32)cc(OC)c1O. The Bertz CT molecular complexity index is 1630. The molecule has 0 spiro atoms. The van der Waals surface area contributed by atoms with Gasteiger partial charge in [-0.15, -0.1) is 0 Å². The van der Waals surface area contributed by atoms with Crippen molar-refractivity contribution in [2.45, 2.75) is 45.8 Å². The average molecular weight is 568 g/mol. The number of hydrogen-bond donors (Lipinski definition) is 3. The number of aromatic hydroxyl groups is 1. The van der Waals surface area contributed by atoms with Crippen molar-refractivity contribution in [1.82, 2.24) is 15.6 Å². The zero-order chi connectivity index (χ0) is 29.6. The zero-order valence-corrected chi connectivity index (χ0v) is 23.9. The number of carbonyl (C=O) groups excluding carboxylic acids is 1. The second-order valence-electron chi connectivity index (χ2n) is 10.2. The van der Waals surface area contributed by atoms with Crippen molar-refractivity contribution in [2.75, 3.05) is 7.11 Å². The summed E-state index contributed by atoms with van der Waals surface area (Å²) in [5.41, 5.74) is 6.39. The number of hydrogen-bond acceptors (Lipinski definition) is 6. The van der Waals surface area contributed by atoms with E-state index in [2.05, 4.69) is 15.6 Å². The Balaban J connectivity index is 1.58. The lowest BCUT2D eigenvalue weighted by molar-refractivity contribution is -0.122. The molecule has 0 radical (unpaired) electrons. The lowest BCUT2D eigenvalue weighted by Gasteiger charge is -2.21. The number of halogens is 1. The maximum Gasteiger partial charge on any atom is 0.242 e. The molecule has 1 atom stereocenters. The summed E-state index contributed by atoms with van der Waals surface area (Å²) in [5, 5.41) is 17.0. The Morgan fingerprint density at radius 3 is 2.64 bits per heavy atom. The molecule has 7 nitrogen and oxygen atoms in total. The molecule has 0 saturated carbocycles. The normalized spacial score (nSPS) is 14.2. The van der Waals surface area contributed by atoms with Crippen LogP contribution in [-0.4, -0.2) is 29.1 Å². The van der Waals surface area contributed by atoms with Gasteiger partial charge < -0.3 is 19.6 Å². The van der Waals surface area contributed by atoms with E-state index in [1.165, 1.54) is 25.5 Å². The number of phenolic OH excluding ortho intramolecular Hbond substituents is 1. The van der Waals surface area contributed by atoms with Crippen LogP contribution < -0.4 is 15.4 Å². The van der Waals surface area contributed by atoms with Gasteiger partial charge in [0.15, 0.2) is 11.5 Å². The van der Waals surface area contributed by atoms with Crippen molar-refractivity contribution in [1.29, 1.82) is 0 Å². The van der Waals surface area contributed by atoms with E-state index in [9.17, 15) is 14.3 Å². The van der Waals surface area contributed by atoms with Crippen LogP contribution in [0.25, 0.3) is 17.2 Å². The fourth-order valence-corrected chi connectivity index (χ4v) is 5.38. The van der Waals surface area contributed by atoms with Crippen LogP contribution >= 0.6 is 0 Å². The highest BCUT2D eigenvalue weighted by Crippen LogP contribution is 2.45. The Morgan fingerprint density at radius 2 is 1.93 bits per heavy atom. The number of nitrogens with zero attached hydrogens (tertiary/aromatic N) is 1. The van der Waals surface area contributed by atoms with Gasteiger partial charge in [0.1, 0.15) is 18.1 Å². The summed E-state index contributed by atoms with van der Waals surface area (Å²) in [5.74, 6) is 0.301. The van der Waals surface area contributed by atoms with Crippen LogP contribution in [0.2, 0.25) is 0 Å². The second kappa shape index (κ2) is 12.9. The fraction of sp³-hybridized carbons (Fsp3) is 0.235. The topological polar surface area (TPSA) is 96.6 Å². The molecule has 42 heavy (non-hydrogen) atoms. The lowest BCUT2D eigenvalue weighted by atomic mass is 9.97. The maximum atomic E-state index is 14.7. The van der Waals surface area contributed by atoms with Gasteiger partial charge in [-0.2, -0.15) is 0 Å². The van der Waals surface area contributed by atoms with Crippen molar-refractivity contribution in [2.24, 2.45) is 0 Å². The van der Waals surface area contributed by atoms with Crippen LogP contribution in [-0.2, 0) is 24.3 Å². The third-order valence-electron chi connectivity index (χ3n) is 7.40. The molecule has 4 aromatic rings. The van der Waals surface area contributed by atoms with E-state index in [0.717, 1.165) is 39.8 Å². The number of benzene rings is 3. The molecule has 8 heteroatoms. The molecular weight excluding hydrogens is 533 g/mol. The number of aryl methyl sites for hydroxylation is 1. The number of carbonyl (C=O) groups is 1. The van der Waals surface area contributed by atoms with Crippen molar-refractivity contribution in [3.05, 3.63) is 118 Å². The van der Waals surface area contributed by atoms with Gasteiger partial charge >= 0.3 is 0 Å². The first-order valence-corrected chi connectivity index (χ1v) is 14.0. The van der Waals surface area contributed by atoms with E-state index in [1.54, 1.807) is 18.3 Å². The van der Waals surface area contributed by atoms with Gasteiger partial charge in [0.2, 0.25) is 11.8 Å². The minimum absolute atomic E-state index is 0.134. The van der Waals surface area contributed by atoms with E-state index in [4.69, 9.17) is 9.15 Å². The van der Waals surface area contributed by atoms with Crippen molar-refractivity contribution in [3.63, 3.8) is 0 Å². The summed E-state index contributed by atoms with van der Waals surface area (Å²) in [6, 6.07) is 17.2. The molecular formula is C34H34FN3O4. The second-order valence-corrected chi connectivity index (χ2v) is 10.2. The zero-order valence-electron chi connectivity index (χ0n) is 23.9. The number of aromatic nitrogens is 1. The van der Waals surface area contributed by atoms with Crippen molar-refractivity contribution in [3.8, 4) is 11.5 Å². The Kier molecular flexibility index (Phi) is 8.83. The molecule has 1 aliphatic rings. The van der Waals surface area contributed by atoms with Crippen molar-refractivity contribution >= 4 is 23.1 Å². The van der Waals surface area contributed by atoms with Gasteiger partial charge in [-0.05, 0) is 88.2 Å². The molecule has 0 aliphatic heterocycles. The average Bonchev–Trinajstić information content (AvgIpc) is 3.61. The van der Waals surface area contributed by atoms with E-state index >= 15 is 0 Å². The number of oxazole rings is 1. The summed E-state index contributed by atoms with van der Waals surface area (Å²) < 4.78 is 25.6. The number of nitrogens with one attached hydrogen (secondary N) is 2. The highest BCUT2D eigenvalue weighted by atomic mass is 19.1. The number of ether oxygens (including phenoxy) is 1. The molecule has 3 N–H and O–H groups in total. The summed E-state index contributed by atoms with van der Waals surface area (Å²) in [4.78, 5) is 18.0. The quantitative estimate of drug-likeness (QED) is 0.197. The molecule has 0 saturated heterocycles. The van der Waals surface area contributed by atoms with Crippen LogP contribution in [0, 0.1) is 5.82 Å². The number of rotatable bonds is 11. The summed E-state index contributed by atoms with van der Waals surface area (Å²) in [7, 11) is 1.52. The van der Waals surface area contributed by atoms with Crippen LogP contribution in [0.15, 0.2) is 83.1 Å². The van der Waals surface area contributed by atoms with Gasteiger partial charge in [0.05, 0.1) is 19.9 Å². The van der Waals surface area contributed by atoms with Gasteiger partial charge in [-0.25, -0.2) is 9.37 Å². The minimum Gasteiger partial charge on any atom is -0.504 e. The molecule has 5 rings (SSSR count). The standard InChI is InChI=1S/C34H34FN3O4/c1-4-8-24-15-23(17-29(41-3)33(24)39)16-27-21(2)31(28-18-25(35)11-12-26(27)28)32(37-20-30-36-13-14-42-30)34(40)38-19-22-9-6-5-7-10-22/h5-7,9-18,32,37,39H,4,8,19-20H2,1-3H3,(H,38,40)/b27-16-. The molecule has 1 aromatic heterocycles. The molecule has 0 bridgehead atoms. The monoisotopic (exact) mass is 567 g/mol. The van der Waals surface area contributed by atoms with Crippen molar-refractivity contribution < 1.29 is 23.4 Å². The molecule has 1 unspecified atom stereocenters. The molecule has 216 valence electrons. The number of allylic oxidation sites excluding steroid dienone is 2. The van der Waals surface area contributed by atoms with E-state index in [-0.39, 0.29) is 18.2 Å². The Hall–Kier alpha value is -4.69. The third-order valence-corrected chi connectivity index (χ3v) is 7.40. The van der Waals surface area contributed by atoms with Gasteiger partial charge in [0, 0.05) is 6.54 Å². The Morgan fingerprint density at radius 1 is 1.12 bits per heavy atom. The van der Waals surface area contributed by atoms with Crippen LogP contribution in [0.3, 0.4) is 0 Å². The first-order chi connectivity index (χ1) is 20.4. The number of fused-ring (bicyclic) bond motifs is 1. The number of methoxy groups -OCH3 is 1.